The van der Waals surface area contributed by atoms with Gasteiger partial charge < -0.3 is 10.1 Å². The summed E-state index contributed by atoms with van der Waals surface area (Å²) in [6, 6.07) is 7.21. The van der Waals surface area contributed by atoms with Gasteiger partial charge in [-0.2, -0.15) is 0 Å². The third kappa shape index (κ3) is 6.69. The third-order valence-corrected chi connectivity index (χ3v) is 3.85. The number of halogens is 1. The van der Waals surface area contributed by atoms with E-state index in [1.54, 1.807) is 38.1 Å². The van der Waals surface area contributed by atoms with Crippen LogP contribution in [-0.2, 0) is 4.79 Å². The molecule has 1 aromatic carbocycles. The van der Waals surface area contributed by atoms with E-state index in [4.69, 9.17) is 16.3 Å². The molecule has 1 rings (SSSR count). The zero-order chi connectivity index (χ0) is 16.6. The lowest BCUT2D eigenvalue weighted by Gasteiger charge is -2.27. The maximum atomic E-state index is 12.4. The molecule has 4 heteroatoms. The summed E-state index contributed by atoms with van der Waals surface area (Å²) in [6.45, 7) is 7.80. The third-order valence-electron chi connectivity index (χ3n) is 3.60. The van der Waals surface area contributed by atoms with Gasteiger partial charge in [0.2, 0.25) is 0 Å². The van der Waals surface area contributed by atoms with Gasteiger partial charge in [0.1, 0.15) is 5.75 Å². The number of amides is 1. The SMILES string of the molecule is CCCCCCC(C)NC(=O)C(C)(C)Oc1ccc(Cl)cc1. The molecule has 0 bridgehead atoms. The van der Waals surface area contributed by atoms with Gasteiger partial charge in [-0.1, -0.05) is 44.2 Å². The van der Waals surface area contributed by atoms with E-state index >= 15 is 0 Å². The minimum Gasteiger partial charge on any atom is -0.478 e. The second-order valence-electron chi connectivity index (χ2n) is 6.29. The highest BCUT2D eigenvalue weighted by atomic mass is 35.5. The molecule has 0 aliphatic heterocycles. The molecule has 0 heterocycles. The Labute approximate surface area is 139 Å². The van der Waals surface area contributed by atoms with Gasteiger partial charge in [-0.25, -0.2) is 0 Å². The number of carbonyl (C=O) groups excluding carboxylic acids is 1. The van der Waals surface area contributed by atoms with Crippen molar-refractivity contribution in [3.63, 3.8) is 0 Å². The lowest BCUT2D eigenvalue weighted by atomic mass is 10.1. The summed E-state index contributed by atoms with van der Waals surface area (Å²) in [7, 11) is 0. The van der Waals surface area contributed by atoms with Crippen molar-refractivity contribution in [3.8, 4) is 5.75 Å². The lowest BCUT2D eigenvalue weighted by molar-refractivity contribution is -0.134. The molecule has 1 unspecified atom stereocenters. The molecule has 0 saturated carbocycles. The summed E-state index contributed by atoms with van der Waals surface area (Å²) in [5.74, 6) is 0.547. The largest absolute Gasteiger partial charge is 0.478 e. The van der Waals surface area contributed by atoms with E-state index in [2.05, 4.69) is 12.2 Å². The van der Waals surface area contributed by atoms with E-state index in [-0.39, 0.29) is 11.9 Å². The van der Waals surface area contributed by atoms with E-state index in [1.807, 2.05) is 6.92 Å². The molecular weight excluding hydrogens is 298 g/mol. The Kier molecular flexibility index (Phi) is 7.74. The Morgan fingerprint density at radius 1 is 1.23 bits per heavy atom. The van der Waals surface area contributed by atoms with Gasteiger partial charge in [0.15, 0.2) is 5.60 Å². The van der Waals surface area contributed by atoms with Crippen LogP contribution in [0.5, 0.6) is 5.75 Å². The molecule has 0 aromatic heterocycles. The Morgan fingerprint density at radius 3 is 2.45 bits per heavy atom. The first-order valence-corrected chi connectivity index (χ1v) is 8.48. The first-order valence-electron chi connectivity index (χ1n) is 8.10. The van der Waals surface area contributed by atoms with Crippen molar-refractivity contribution in [3.05, 3.63) is 29.3 Å². The quantitative estimate of drug-likeness (QED) is 0.651. The van der Waals surface area contributed by atoms with Gasteiger partial charge in [-0.15, -0.1) is 0 Å². The zero-order valence-corrected chi connectivity index (χ0v) is 14.9. The van der Waals surface area contributed by atoms with Crippen molar-refractivity contribution < 1.29 is 9.53 Å². The van der Waals surface area contributed by atoms with Gasteiger partial charge in [0.05, 0.1) is 0 Å². The predicted octanol–water partition coefficient (Wildman–Crippen LogP) is 4.97. The Hall–Kier alpha value is -1.22. The van der Waals surface area contributed by atoms with Crippen LogP contribution in [0.4, 0.5) is 0 Å². The summed E-state index contributed by atoms with van der Waals surface area (Å²) in [5.41, 5.74) is -0.911. The second-order valence-corrected chi connectivity index (χ2v) is 6.73. The number of unbranched alkanes of at least 4 members (excludes halogenated alkanes) is 3. The van der Waals surface area contributed by atoms with E-state index in [1.165, 1.54) is 19.3 Å². The molecule has 1 N–H and O–H groups in total. The zero-order valence-electron chi connectivity index (χ0n) is 14.1. The van der Waals surface area contributed by atoms with Crippen LogP contribution >= 0.6 is 11.6 Å². The van der Waals surface area contributed by atoms with E-state index < -0.39 is 5.60 Å². The minimum atomic E-state index is -0.911. The maximum absolute atomic E-state index is 12.4. The van der Waals surface area contributed by atoms with Crippen LogP contribution in [0.1, 0.15) is 59.8 Å². The number of hydrogen-bond acceptors (Lipinski definition) is 2. The van der Waals surface area contributed by atoms with Gasteiger partial charge in [0, 0.05) is 11.1 Å². The smallest absolute Gasteiger partial charge is 0.263 e. The molecule has 3 nitrogen and oxygen atoms in total. The first-order chi connectivity index (χ1) is 10.3. The molecule has 0 fully saturated rings. The monoisotopic (exact) mass is 325 g/mol. The summed E-state index contributed by atoms with van der Waals surface area (Å²) in [6.07, 6.45) is 5.85. The fourth-order valence-electron chi connectivity index (χ4n) is 2.19. The molecule has 1 amide bonds. The molecule has 22 heavy (non-hydrogen) atoms. The van der Waals surface area contributed by atoms with Gasteiger partial charge in [-0.05, 0) is 51.5 Å². The number of carbonyl (C=O) groups is 1. The van der Waals surface area contributed by atoms with E-state index in [0.29, 0.717) is 10.8 Å². The number of benzene rings is 1. The highest BCUT2D eigenvalue weighted by molar-refractivity contribution is 6.30. The van der Waals surface area contributed by atoms with Crippen LogP contribution in [0, 0.1) is 0 Å². The average molecular weight is 326 g/mol. The second kappa shape index (κ2) is 9.04. The first kappa shape index (κ1) is 18.8. The Morgan fingerprint density at radius 2 is 1.86 bits per heavy atom. The number of hydrogen-bond donors (Lipinski definition) is 1. The van der Waals surface area contributed by atoms with Crippen LogP contribution in [0.15, 0.2) is 24.3 Å². The van der Waals surface area contributed by atoms with Crippen LogP contribution in [0.25, 0.3) is 0 Å². The summed E-state index contributed by atoms with van der Waals surface area (Å²) >= 11 is 5.85. The van der Waals surface area contributed by atoms with Crippen molar-refractivity contribution in [2.75, 3.05) is 0 Å². The molecule has 0 aliphatic rings. The molecule has 0 spiro atoms. The Balaban J connectivity index is 2.46. The van der Waals surface area contributed by atoms with Crippen LogP contribution < -0.4 is 10.1 Å². The standard InChI is InChI=1S/C18H28ClNO2/c1-5-6-7-8-9-14(2)20-17(21)18(3,4)22-16-12-10-15(19)11-13-16/h10-14H,5-9H2,1-4H3,(H,20,21). The minimum absolute atomic E-state index is 0.0922. The summed E-state index contributed by atoms with van der Waals surface area (Å²) in [5, 5.41) is 3.69. The lowest BCUT2D eigenvalue weighted by Crippen LogP contribution is -2.49. The normalized spacial score (nSPS) is 12.8. The summed E-state index contributed by atoms with van der Waals surface area (Å²) in [4.78, 5) is 12.4. The molecule has 0 saturated heterocycles. The van der Waals surface area contributed by atoms with Gasteiger partial charge in [-0.3, -0.25) is 4.79 Å². The van der Waals surface area contributed by atoms with Crippen LogP contribution in [0.2, 0.25) is 5.02 Å². The highest BCUT2D eigenvalue weighted by Gasteiger charge is 2.30. The van der Waals surface area contributed by atoms with Crippen LogP contribution in [0.3, 0.4) is 0 Å². The summed E-state index contributed by atoms with van der Waals surface area (Å²) < 4.78 is 5.79. The molecule has 1 aromatic rings. The average Bonchev–Trinajstić information content (AvgIpc) is 2.46. The predicted molar refractivity (Wildman–Crippen MR) is 92.5 cm³/mol. The number of rotatable bonds is 9. The number of ether oxygens (including phenoxy) is 1. The van der Waals surface area contributed by atoms with E-state index in [9.17, 15) is 4.79 Å². The van der Waals surface area contributed by atoms with Crippen molar-refractivity contribution in [2.24, 2.45) is 0 Å². The van der Waals surface area contributed by atoms with Crippen molar-refractivity contribution in [2.45, 2.75) is 71.4 Å². The van der Waals surface area contributed by atoms with Crippen molar-refractivity contribution >= 4 is 17.5 Å². The van der Waals surface area contributed by atoms with Crippen LogP contribution in [-0.4, -0.2) is 17.6 Å². The van der Waals surface area contributed by atoms with Gasteiger partial charge in [0.25, 0.3) is 5.91 Å². The Bertz CT molecular complexity index is 457. The fraction of sp³-hybridized carbons (Fsp3) is 0.611. The van der Waals surface area contributed by atoms with E-state index in [0.717, 1.165) is 12.8 Å². The van der Waals surface area contributed by atoms with Crippen molar-refractivity contribution in [1.29, 1.82) is 0 Å². The molecule has 0 radical (unpaired) electrons. The van der Waals surface area contributed by atoms with Crippen molar-refractivity contribution in [1.82, 2.24) is 5.32 Å². The molecule has 0 aliphatic carbocycles. The molecule has 1 atom stereocenters. The maximum Gasteiger partial charge on any atom is 0.263 e. The fourth-order valence-corrected chi connectivity index (χ4v) is 2.32. The highest BCUT2D eigenvalue weighted by Crippen LogP contribution is 2.21. The number of nitrogens with one attached hydrogen (secondary N) is 1. The molecule has 124 valence electrons. The van der Waals surface area contributed by atoms with Gasteiger partial charge >= 0.3 is 0 Å². The molecular formula is C18H28ClNO2. The topological polar surface area (TPSA) is 38.3 Å².